The van der Waals surface area contributed by atoms with Gasteiger partial charge in [0.2, 0.25) is 0 Å². The third-order valence-corrected chi connectivity index (χ3v) is 7.47. The number of hydrogen-bond acceptors (Lipinski definition) is 6. The van der Waals surface area contributed by atoms with Gasteiger partial charge in [-0.05, 0) is 43.5 Å². The van der Waals surface area contributed by atoms with E-state index >= 15 is 0 Å². The first-order valence-corrected chi connectivity index (χ1v) is 13.1. The summed E-state index contributed by atoms with van der Waals surface area (Å²) < 4.78 is 8.23. The summed E-state index contributed by atoms with van der Waals surface area (Å²) in [6.45, 7) is 5.26. The summed E-state index contributed by atoms with van der Waals surface area (Å²) in [6, 6.07) is 18.9. The van der Waals surface area contributed by atoms with Crippen LogP contribution in [-0.4, -0.2) is 49.6 Å². The summed E-state index contributed by atoms with van der Waals surface area (Å²) in [5.41, 5.74) is 6.01. The van der Waals surface area contributed by atoms with Gasteiger partial charge < -0.3 is 9.30 Å². The number of benzene rings is 2. The lowest BCUT2D eigenvalue weighted by atomic mass is 10.1. The van der Waals surface area contributed by atoms with Crippen LogP contribution < -0.4 is 0 Å². The molecule has 1 N–H and O–H groups in total. The van der Waals surface area contributed by atoms with Gasteiger partial charge in [-0.2, -0.15) is 5.10 Å². The van der Waals surface area contributed by atoms with Crippen LogP contribution in [-0.2, 0) is 30.1 Å². The van der Waals surface area contributed by atoms with Crippen LogP contribution in [0.1, 0.15) is 35.4 Å². The van der Waals surface area contributed by atoms with E-state index in [2.05, 4.69) is 80.2 Å². The van der Waals surface area contributed by atoms with E-state index in [9.17, 15) is 0 Å². The van der Waals surface area contributed by atoms with Crippen LogP contribution in [0.3, 0.4) is 0 Å². The smallest absolute Gasteiger partial charge is 0.191 e. The lowest BCUT2D eigenvalue weighted by molar-refractivity contribution is 0.0934. The zero-order chi connectivity index (χ0) is 24.0. The SMILES string of the molecule is Cc1ccccc1CSc1nnc(CN(C)Cc2cn[nH]c2-c2ccccc2)n1C[C@H]1CCCO1. The van der Waals surface area contributed by atoms with Crippen molar-refractivity contribution in [1.29, 1.82) is 0 Å². The molecule has 0 saturated carbocycles. The van der Waals surface area contributed by atoms with Crippen molar-refractivity contribution in [2.24, 2.45) is 0 Å². The summed E-state index contributed by atoms with van der Waals surface area (Å²) in [4.78, 5) is 2.27. The predicted octanol–water partition coefficient (Wildman–Crippen LogP) is 5.08. The molecule has 0 amide bonds. The third-order valence-electron chi connectivity index (χ3n) is 6.45. The van der Waals surface area contributed by atoms with Crippen molar-refractivity contribution < 1.29 is 4.74 Å². The van der Waals surface area contributed by atoms with Gasteiger partial charge in [-0.3, -0.25) is 10.00 Å². The third kappa shape index (κ3) is 5.83. The van der Waals surface area contributed by atoms with Crippen molar-refractivity contribution in [2.45, 2.75) is 56.4 Å². The molecule has 3 heterocycles. The standard InChI is InChI=1S/C27H32N6OS/c1-20-9-6-7-12-22(20)19-35-27-31-29-25(33(27)17-24-13-8-14-34-24)18-32(2)16-23-15-28-30-26(23)21-10-4-3-5-11-21/h3-7,9-12,15,24H,8,13-14,16-19H2,1-2H3,(H,28,30)/t24-/m1/s1. The minimum absolute atomic E-state index is 0.228. The number of aromatic nitrogens is 5. The van der Waals surface area contributed by atoms with Crippen molar-refractivity contribution in [3.63, 3.8) is 0 Å². The van der Waals surface area contributed by atoms with Crippen LogP contribution in [0.5, 0.6) is 0 Å². The second kappa shape index (κ2) is 11.2. The minimum atomic E-state index is 0.228. The Bertz CT molecular complexity index is 1230. The molecule has 1 fully saturated rings. The number of rotatable bonds is 10. The number of ether oxygens (including phenoxy) is 1. The van der Waals surface area contributed by atoms with Crippen molar-refractivity contribution in [1.82, 2.24) is 29.9 Å². The van der Waals surface area contributed by atoms with Gasteiger partial charge in [-0.25, -0.2) is 0 Å². The average Bonchev–Trinajstić information content (AvgIpc) is 3.63. The molecule has 1 aliphatic heterocycles. The number of nitrogens with zero attached hydrogens (tertiary/aromatic N) is 5. The molecule has 0 spiro atoms. The molecule has 5 rings (SSSR count). The van der Waals surface area contributed by atoms with E-state index in [1.165, 1.54) is 11.1 Å². The second-order valence-corrected chi connectivity index (χ2v) is 10.1. The molecule has 1 saturated heterocycles. The first-order valence-electron chi connectivity index (χ1n) is 12.1. The Labute approximate surface area is 210 Å². The maximum absolute atomic E-state index is 5.96. The molecule has 2 aromatic carbocycles. The van der Waals surface area contributed by atoms with E-state index in [-0.39, 0.29) is 6.10 Å². The summed E-state index contributed by atoms with van der Waals surface area (Å²) in [7, 11) is 2.12. The van der Waals surface area contributed by atoms with Crippen molar-refractivity contribution >= 4 is 11.8 Å². The Morgan fingerprint density at radius 1 is 1.06 bits per heavy atom. The highest BCUT2D eigenvalue weighted by atomic mass is 32.2. The van der Waals surface area contributed by atoms with Gasteiger partial charge in [-0.15, -0.1) is 10.2 Å². The van der Waals surface area contributed by atoms with Crippen LogP contribution in [0.2, 0.25) is 0 Å². The zero-order valence-corrected chi connectivity index (χ0v) is 21.2. The lowest BCUT2D eigenvalue weighted by Gasteiger charge is -2.19. The Kier molecular flexibility index (Phi) is 7.61. The molecule has 7 nitrogen and oxygen atoms in total. The normalized spacial score (nSPS) is 15.8. The van der Waals surface area contributed by atoms with Crippen molar-refractivity contribution in [3.8, 4) is 11.3 Å². The monoisotopic (exact) mass is 488 g/mol. The summed E-state index contributed by atoms with van der Waals surface area (Å²) in [5, 5.41) is 17.6. The lowest BCUT2D eigenvalue weighted by Crippen LogP contribution is -2.23. The molecule has 0 aliphatic carbocycles. The number of H-pyrrole nitrogens is 1. The van der Waals surface area contributed by atoms with E-state index in [0.29, 0.717) is 6.54 Å². The van der Waals surface area contributed by atoms with E-state index < -0.39 is 0 Å². The van der Waals surface area contributed by atoms with E-state index in [4.69, 9.17) is 4.74 Å². The van der Waals surface area contributed by atoms with Gasteiger partial charge in [0, 0.05) is 24.5 Å². The molecule has 1 aliphatic rings. The van der Waals surface area contributed by atoms with Gasteiger partial charge >= 0.3 is 0 Å². The molecule has 182 valence electrons. The van der Waals surface area contributed by atoms with Crippen LogP contribution in [0.4, 0.5) is 0 Å². The zero-order valence-electron chi connectivity index (χ0n) is 20.4. The number of thioether (sulfide) groups is 1. The molecular formula is C27H32N6OS. The Balaban J connectivity index is 1.31. The predicted molar refractivity (Wildman–Crippen MR) is 139 cm³/mol. The average molecular weight is 489 g/mol. The van der Waals surface area contributed by atoms with E-state index in [1.54, 1.807) is 11.8 Å². The summed E-state index contributed by atoms with van der Waals surface area (Å²) >= 11 is 1.75. The molecule has 2 aromatic heterocycles. The molecule has 0 unspecified atom stereocenters. The van der Waals surface area contributed by atoms with E-state index in [0.717, 1.165) is 66.1 Å². The van der Waals surface area contributed by atoms with Crippen LogP contribution in [0.25, 0.3) is 11.3 Å². The van der Waals surface area contributed by atoms with Gasteiger partial charge in [0.05, 0.1) is 31.1 Å². The highest BCUT2D eigenvalue weighted by Gasteiger charge is 2.22. The second-order valence-electron chi connectivity index (χ2n) is 9.17. The van der Waals surface area contributed by atoms with Crippen molar-refractivity contribution in [2.75, 3.05) is 13.7 Å². The molecule has 4 aromatic rings. The Hall–Kier alpha value is -2.94. The van der Waals surface area contributed by atoms with Gasteiger partial charge in [0.25, 0.3) is 0 Å². The maximum atomic E-state index is 5.96. The van der Waals surface area contributed by atoms with Crippen molar-refractivity contribution in [3.05, 3.63) is 83.3 Å². The van der Waals surface area contributed by atoms with Crippen LogP contribution in [0, 0.1) is 6.92 Å². The van der Waals surface area contributed by atoms with Gasteiger partial charge in [-0.1, -0.05) is 66.4 Å². The largest absolute Gasteiger partial charge is 0.376 e. The Morgan fingerprint density at radius 3 is 2.69 bits per heavy atom. The quantitative estimate of drug-likeness (QED) is 0.314. The fraction of sp³-hybridized carbons (Fsp3) is 0.370. The van der Waals surface area contributed by atoms with Crippen LogP contribution in [0.15, 0.2) is 66.0 Å². The Morgan fingerprint density at radius 2 is 1.89 bits per heavy atom. The molecule has 35 heavy (non-hydrogen) atoms. The number of aryl methyl sites for hydroxylation is 1. The molecule has 8 heteroatoms. The van der Waals surface area contributed by atoms with E-state index in [1.807, 2.05) is 24.4 Å². The molecule has 0 bridgehead atoms. The fourth-order valence-corrected chi connectivity index (χ4v) is 5.55. The highest BCUT2D eigenvalue weighted by molar-refractivity contribution is 7.98. The fourth-order valence-electron chi connectivity index (χ4n) is 4.51. The van der Waals surface area contributed by atoms with Gasteiger partial charge in [0.15, 0.2) is 5.16 Å². The first-order chi connectivity index (χ1) is 17.2. The number of hydrogen-bond donors (Lipinski definition) is 1. The topological polar surface area (TPSA) is 71.9 Å². The summed E-state index contributed by atoms with van der Waals surface area (Å²) in [5.74, 6) is 1.85. The van der Waals surface area contributed by atoms with Crippen LogP contribution >= 0.6 is 11.8 Å². The van der Waals surface area contributed by atoms with Gasteiger partial charge in [0.1, 0.15) is 5.82 Å². The molecular weight excluding hydrogens is 456 g/mol. The maximum Gasteiger partial charge on any atom is 0.191 e. The number of nitrogens with one attached hydrogen (secondary N) is 1. The highest BCUT2D eigenvalue weighted by Crippen LogP contribution is 2.27. The minimum Gasteiger partial charge on any atom is -0.376 e. The molecule has 0 radical (unpaired) electrons. The summed E-state index contributed by atoms with van der Waals surface area (Å²) in [6.07, 6.45) is 4.35. The molecule has 1 atom stereocenters. The number of aromatic amines is 1. The first kappa shape index (κ1) is 23.8.